The van der Waals surface area contributed by atoms with Gasteiger partial charge in [-0.15, -0.1) is 0 Å². The van der Waals surface area contributed by atoms with Gasteiger partial charge in [-0.25, -0.2) is 0 Å². The Balaban J connectivity index is 1.55. The standard InChI is InChI=1S/C21H24N2O/c1-2-18-14-19-11-10-17(13-20(19)23-21(18)24)15-22-12-6-9-16-7-4-3-5-8-16/h3-5,7-8,10-11,13-14,22H,2,6,9,12,15H2,1H3,(H,23,24). The van der Waals surface area contributed by atoms with Gasteiger partial charge in [-0.05, 0) is 54.5 Å². The van der Waals surface area contributed by atoms with Gasteiger partial charge in [0.1, 0.15) is 0 Å². The van der Waals surface area contributed by atoms with Gasteiger partial charge in [0.15, 0.2) is 0 Å². The van der Waals surface area contributed by atoms with Crippen molar-refractivity contribution >= 4 is 10.9 Å². The highest BCUT2D eigenvalue weighted by molar-refractivity contribution is 5.79. The number of aryl methyl sites for hydroxylation is 2. The van der Waals surface area contributed by atoms with Crippen LogP contribution in [0.5, 0.6) is 0 Å². The molecule has 3 rings (SSSR count). The summed E-state index contributed by atoms with van der Waals surface area (Å²) >= 11 is 0. The number of fused-ring (bicyclic) bond motifs is 1. The first kappa shape index (κ1) is 16.5. The first-order valence-electron chi connectivity index (χ1n) is 8.66. The zero-order valence-electron chi connectivity index (χ0n) is 14.1. The summed E-state index contributed by atoms with van der Waals surface area (Å²) in [6.45, 7) is 3.81. The topological polar surface area (TPSA) is 44.9 Å². The van der Waals surface area contributed by atoms with Crippen molar-refractivity contribution in [3.8, 4) is 0 Å². The van der Waals surface area contributed by atoms with Crippen LogP contribution in [0.3, 0.4) is 0 Å². The van der Waals surface area contributed by atoms with Crippen LogP contribution in [0.4, 0.5) is 0 Å². The van der Waals surface area contributed by atoms with Gasteiger partial charge in [0.2, 0.25) is 0 Å². The van der Waals surface area contributed by atoms with Crippen molar-refractivity contribution in [2.75, 3.05) is 6.54 Å². The van der Waals surface area contributed by atoms with Gasteiger partial charge in [-0.1, -0.05) is 49.4 Å². The largest absolute Gasteiger partial charge is 0.322 e. The summed E-state index contributed by atoms with van der Waals surface area (Å²) in [6, 6.07) is 18.8. The van der Waals surface area contributed by atoms with Crippen LogP contribution in [0.15, 0.2) is 59.4 Å². The van der Waals surface area contributed by atoms with Crippen LogP contribution in [0, 0.1) is 0 Å². The molecule has 0 spiro atoms. The molecule has 3 nitrogen and oxygen atoms in total. The number of nitrogens with one attached hydrogen (secondary N) is 2. The molecule has 2 aromatic carbocycles. The molecule has 24 heavy (non-hydrogen) atoms. The van der Waals surface area contributed by atoms with Crippen molar-refractivity contribution in [3.63, 3.8) is 0 Å². The summed E-state index contributed by atoms with van der Waals surface area (Å²) in [5.41, 5.74) is 4.37. The highest BCUT2D eigenvalue weighted by Gasteiger charge is 2.02. The number of benzene rings is 2. The second-order valence-electron chi connectivity index (χ2n) is 6.16. The van der Waals surface area contributed by atoms with Crippen LogP contribution in [-0.4, -0.2) is 11.5 Å². The lowest BCUT2D eigenvalue weighted by Crippen LogP contribution is -2.16. The van der Waals surface area contributed by atoms with Crippen LogP contribution in [0.1, 0.15) is 30.0 Å². The molecule has 1 aromatic heterocycles. The normalized spacial score (nSPS) is 11.0. The highest BCUT2D eigenvalue weighted by Crippen LogP contribution is 2.14. The molecule has 0 aliphatic carbocycles. The summed E-state index contributed by atoms with van der Waals surface area (Å²) in [5, 5.41) is 4.58. The molecule has 0 radical (unpaired) electrons. The Kier molecular flexibility index (Phi) is 5.44. The average Bonchev–Trinajstić information content (AvgIpc) is 2.61. The molecular weight excluding hydrogens is 296 g/mol. The molecule has 2 N–H and O–H groups in total. The summed E-state index contributed by atoms with van der Waals surface area (Å²) < 4.78 is 0. The van der Waals surface area contributed by atoms with Gasteiger partial charge < -0.3 is 10.3 Å². The van der Waals surface area contributed by atoms with E-state index in [0.29, 0.717) is 0 Å². The molecule has 124 valence electrons. The van der Waals surface area contributed by atoms with Crippen LogP contribution in [0.25, 0.3) is 10.9 Å². The first-order chi connectivity index (χ1) is 11.8. The Morgan fingerprint density at radius 2 is 1.83 bits per heavy atom. The van der Waals surface area contributed by atoms with Gasteiger partial charge in [0, 0.05) is 17.6 Å². The predicted octanol–water partition coefficient (Wildman–Crippen LogP) is 3.81. The van der Waals surface area contributed by atoms with Crippen molar-refractivity contribution in [1.29, 1.82) is 0 Å². The number of hydrogen-bond acceptors (Lipinski definition) is 2. The summed E-state index contributed by atoms with van der Waals surface area (Å²) in [4.78, 5) is 14.9. The predicted molar refractivity (Wildman–Crippen MR) is 100 cm³/mol. The second kappa shape index (κ2) is 7.93. The fourth-order valence-corrected chi connectivity index (χ4v) is 2.96. The molecular formula is C21H24N2O. The van der Waals surface area contributed by atoms with E-state index in [1.807, 2.05) is 13.0 Å². The number of aromatic amines is 1. The fourth-order valence-electron chi connectivity index (χ4n) is 2.96. The minimum atomic E-state index is 0.0259. The van der Waals surface area contributed by atoms with E-state index in [-0.39, 0.29) is 5.56 Å². The molecule has 3 aromatic rings. The third kappa shape index (κ3) is 4.12. The SMILES string of the molecule is CCc1cc2ccc(CNCCCc3ccccc3)cc2[nH]c1=O. The van der Waals surface area contributed by atoms with Gasteiger partial charge in [0.05, 0.1) is 0 Å². The maximum Gasteiger partial charge on any atom is 0.251 e. The van der Waals surface area contributed by atoms with Gasteiger partial charge in [0.25, 0.3) is 5.56 Å². The maximum absolute atomic E-state index is 11.9. The van der Waals surface area contributed by atoms with Crippen molar-refractivity contribution in [2.45, 2.75) is 32.7 Å². The molecule has 0 aliphatic heterocycles. The van der Waals surface area contributed by atoms with Crippen molar-refractivity contribution in [2.24, 2.45) is 0 Å². The Morgan fingerprint density at radius 3 is 2.62 bits per heavy atom. The molecule has 0 saturated carbocycles. The van der Waals surface area contributed by atoms with Crippen molar-refractivity contribution in [3.05, 3.63) is 81.6 Å². The number of hydrogen-bond donors (Lipinski definition) is 2. The molecule has 0 unspecified atom stereocenters. The second-order valence-corrected chi connectivity index (χ2v) is 6.16. The molecule has 0 saturated heterocycles. The van der Waals surface area contributed by atoms with E-state index in [9.17, 15) is 4.79 Å². The molecule has 0 atom stereocenters. The van der Waals surface area contributed by atoms with Crippen LogP contribution in [-0.2, 0) is 19.4 Å². The van der Waals surface area contributed by atoms with E-state index in [1.165, 1.54) is 11.1 Å². The van der Waals surface area contributed by atoms with Gasteiger partial charge in [-0.2, -0.15) is 0 Å². The third-order valence-corrected chi connectivity index (χ3v) is 4.36. The molecule has 1 heterocycles. The van der Waals surface area contributed by atoms with E-state index in [1.54, 1.807) is 0 Å². The minimum Gasteiger partial charge on any atom is -0.322 e. The highest BCUT2D eigenvalue weighted by atomic mass is 16.1. The van der Waals surface area contributed by atoms with E-state index in [2.05, 4.69) is 58.8 Å². The van der Waals surface area contributed by atoms with E-state index < -0.39 is 0 Å². The fraction of sp³-hybridized carbons (Fsp3) is 0.286. The average molecular weight is 320 g/mol. The van der Waals surface area contributed by atoms with Crippen molar-refractivity contribution < 1.29 is 0 Å². The third-order valence-electron chi connectivity index (χ3n) is 4.36. The van der Waals surface area contributed by atoms with Crippen molar-refractivity contribution in [1.82, 2.24) is 10.3 Å². The Hall–Kier alpha value is -2.39. The van der Waals surface area contributed by atoms with Gasteiger partial charge >= 0.3 is 0 Å². The summed E-state index contributed by atoms with van der Waals surface area (Å²) in [5.74, 6) is 0. The van der Waals surface area contributed by atoms with E-state index in [4.69, 9.17) is 0 Å². The smallest absolute Gasteiger partial charge is 0.251 e. The Labute approximate surface area is 142 Å². The lowest BCUT2D eigenvalue weighted by Gasteiger charge is -2.07. The number of rotatable bonds is 7. The van der Waals surface area contributed by atoms with Crippen LogP contribution < -0.4 is 10.9 Å². The lowest BCUT2D eigenvalue weighted by atomic mass is 10.1. The summed E-state index contributed by atoms with van der Waals surface area (Å²) in [6.07, 6.45) is 2.98. The van der Waals surface area contributed by atoms with Gasteiger partial charge in [-0.3, -0.25) is 4.79 Å². The zero-order valence-corrected chi connectivity index (χ0v) is 14.1. The lowest BCUT2D eigenvalue weighted by molar-refractivity contribution is 0.650. The van der Waals surface area contributed by atoms with Crippen LogP contribution in [0.2, 0.25) is 0 Å². The molecule has 0 aliphatic rings. The maximum atomic E-state index is 11.9. The Bertz CT molecular complexity index is 853. The monoisotopic (exact) mass is 320 g/mol. The summed E-state index contributed by atoms with van der Waals surface area (Å²) in [7, 11) is 0. The minimum absolute atomic E-state index is 0.0259. The number of aromatic nitrogens is 1. The van der Waals surface area contributed by atoms with E-state index >= 15 is 0 Å². The molecule has 0 amide bonds. The quantitative estimate of drug-likeness (QED) is 0.650. The van der Waals surface area contributed by atoms with Crippen LogP contribution >= 0.6 is 0 Å². The molecule has 0 fully saturated rings. The van der Waals surface area contributed by atoms with E-state index in [0.717, 1.165) is 48.8 Å². The number of H-pyrrole nitrogens is 1. The number of pyridine rings is 1. The molecule has 0 bridgehead atoms. The first-order valence-corrected chi connectivity index (χ1v) is 8.66. The molecule has 3 heteroatoms. The Morgan fingerprint density at radius 1 is 1.00 bits per heavy atom. The zero-order chi connectivity index (χ0) is 16.8.